The number of carbonyl (C=O) groups is 3. The van der Waals surface area contributed by atoms with Gasteiger partial charge in [-0.25, -0.2) is 0 Å². The van der Waals surface area contributed by atoms with Gasteiger partial charge in [0.25, 0.3) is 0 Å². The van der Waals surface area contributed by atoms with Gasteiger partial charge in [0.15, 0.2) is 0 Å². The minimum atomic E-state index is -0.620. The highest BCUT2D eigenvalue weighted by Crippen LogP contribution is 2.09. The maximum Gasteiger partial charge on any atom is 0.309 e. The normalized spacial score (nSPS) is 13.9. The Hall–Kier alpha value is -2.37. The van der Waals surface area contributed by atoms with Crippen LogP contribution in [0.2, 0.25) is 0 Å². The van der Waals surface area contributed by atoms with Gasteiger partial charge in [0.1, 0.15) is 0 Å². The number of likely N-dealkylation sites (tertiary alicyclic amines) is 1. The molecule has 0 atom stereocenters. The molecule has 2 rings (SSSR count). The quantitative estimate of drug-likeness (QED) is 0.567. The number of nitrogens with one attached hydrogen (secondary N) is 2. The Morgan fingerprint density at radius 1 is 1.04 bits per heavy atom. The van der Waals surface area contributed by atoms with E-state index in [0.29, 0.717) is 38.9 Å². The molecule has 6 heteroatoms. The largest absolute Gasteiger partial charge is 0.348 e. The van der Waals surface area contributed by atoms with Crippen LogP contribution < -0.4 is 10.6 Å². The van der Waals surface area contributed by atoms with Crippen molar-refractivity contribution in [1.82, 2.24) is 15.5 Å². The standard InChI is InChI=1S/C17H23N3O3/c21-15-8-4-12-20(15)13-5-10-18-16(22)17(23)19-11-9-14-6-2-1-3-7-14/h1-3,6-7H,4-5,8-13H2,(H,18,22)(H,19,23). The zero-order valence-electron chi connectivity index (χ0n) is 13.2. The van der Waals surface area contributed by atoms with E-state index < -0.39 is 11.8 Å². The lowest BCUT2D eigenvalue weighted by atomic mass is 10.1. The van der Waals surface area contributed by atoms with Crippen LogP contribution in [-0.2, 0) is 20.8 Å². The van der Waals surface area contributed by atoms with E-state index in [1.165, 1.54) is 0 Å². The van der Waals surface area contributed by atoms with E-state index in [2.05, 4.69) is 10.6 Å². The first-order valence-corrected chi connectivity index (χ1v) is 8.04. The number of benzene rings is 1. The van der Waals surface area contributed by atoms with E-state index >= 15 is 0 Å². The second-order valence-corrected chi connectivity index (χ2v) is 5.59. The molecule has 1 heterocycles. The van der Waals surface area contributed by atoms with E-state index in [4.69, 9.17) is 0 Å². The van der Waals surface area contributed by atoms with Crippen LogP contribution >= 0.6 is 0 Å². The molecule has 23 heavy (non-hydrogen) atoms. The minimum Gasteiger partial charge on any atom is -0.348 e. The number of amides is 3. The lowest BCUT2D eigenvalue weighted by molar-refractivity contribution is -0.139. The topological polar surface area (TPSA) is 78.5 Å². The van der Waals surface area contributed by atoms with E-state index in [1.54, 1.807) is 4.90 Å². The fourth-order valence-electron chi connectivity index (χ4n) is 2.54. The van der Waals surface area contributed by atoms with Gasteiger partial charge in [0.2, 0.25) is 5.91 Å². The van der Waals surface area contributed by atoms with E-state index in [0.717, 1.165) is 18.5 Å². The zero-order chi connectivity index (χ0) is 16.5. The lowest BCUT2D eigenvalue weighted by Crippen LogP contribution is -2.41. The molecule has 0 saturated carbocycles. The molecule has 1 aromatic carbocycles. The summed E-state index contributed by atoms with van der Waals surface area (Å²) in [7, 11) is 0. The van der Waals surface area contributed by atoms with Crippen molar-refractivity contribution in [2.45, 2.75) is 25.7 Å². The maximum atomic E-state index is 11.6. The van der Waals surface area contributed by atoms with Gasteiger partial charge in [0, 0.05) is 32.6 Å². The molecular weight excluding hydrogens is 294 g/mol. The van der Waals surface area contributed by atoms with Crippen molar-refractivity contribution in [3.05, 3.63) is 35.9 Å². The molecule has 0 aromatic heterocycles. The molecule has 1 saturated heterocycles. The van der Waals surface area contributed by atoms with Crippen molar-refractivity contribution in [3.63, 3.8) is 0 Å². The molecule has 0 spiro atoms. The van der Waals surface area contributed by atoms with Crippen LogP contribution in [0, 0.1) is 0 Å². The molecular formula is C17H23N3O3. The first kappa shape index (κ1) is 17.0. The van der Waals surface area contributed by atoms with Gasteiger partial charge < -0.3 is 15.5 Å². The van der Waals surface area contributed by atoms with Gasteiger partial charge in [-0.1, -0.05) is 30.3 Å². The second-order valence-electron chi connectivity index (χ2n) is 5.59. The van der Waals surface area contributed by atoms with Gasteiger partial charge in [-0.3, -0.25) is 14.4 Å². The predicted molar refractivity (Wildman–Crippen MR) is 86.6 cm³/mol. The third kappa shape index (κ3) is 5.73. The Labute approximate surface area is 136 Å². The molecule has 0 bridgehead atoms. The van der Waals surface area contributed by atoms with Crippen LogP contribution in [0.3, 0.4) is 0 Å². The first-order chi connectivity index (χ1) is 11.2. The molecule has 1 aliphatic heterocycles. The molecule has 3 amide bonds. The molecule has 1 fully saturated rings. The molecule has 6 nitrogen and oxygen atoms in total. The summed E-state index contributed by atoms with van der Waals surface area (Å²) >= 11 is 0. The average Bonchev–Trinajstić information content (AvgIpc) is 2.97. The van der Waals surface area contributed by atoms with Crippen LogP contribution in [0.15, 0.2) is 30.3 Å². The van der Waals surface area contributed by atoms with Gasteiger partial charge in [-0.05, 0) is 24.8 Å². The van der Waals surface area contributed by atoms with Crippen molar-refractivity contribution in [2.24, 2.45) is 0 Å². The molecule has 1 aliphatic rings. The summed E-state index contributed by atoms with van der Waals surface area (Å²) in [6, 6.07) is 9.77. The van der Waals surface area contributed by atoms with Crippen LogP contribution in [-0.4, -0.2) is 48.8 Å². The molecule has 1 aromatic rings. The fourth-order valence-corrected chi connectivity index (χ4v) is 2.54. The summed E-state index contributed by atoms with van der Waals surface area (Å²) in [6.45, 7) is 2.26. The van der Waals surface area contributed by atoms with Crippen molar-refractivity contribution in [2.75, 3.05) is 26.2 Å². The molecule has 0 radical (unpaired) electrons. The number of hydrogen-bond donors (Lipinski definition) is 2. The molecule has 0 unspecified atom stereocenters. The maximum absolute atomic E-state index is 11.6. The summed E-state index contributed by atoms with van der Waals surface area (Å²) in [6.07, 6.45) is 2.89. The predicted octanol–water partition coefficient (Wildman–Crippen LogP) is 0.474. The average molecular weight is 317 g/mol. The van der Waals surface area contributed by atoms with Crippen molar-refractivity contribution < 1.29 is 14.4 Å². The van der Waals surface area contributed by atoms with Gasteiger partial charge in [-0.15, -0.1) is 0 Å². The summed E-state index contributed by atoms with van der Waals surface area (Å²) in [4.78, 5) is 36.5. The Morgan fingerprint density at radius 3 is 2.39 bits per heavy atom. The van der Waals surface area contributed by atoms with Crippen molar-refractivity contribution in [1.29, 1.82) is 0 Å². The molecule has 0 aliphatic carbocycles. The van der Waals surface area contributed by atoms with Crippen LogP contribution in [0.4, 0.5) is 0 Å². The highest BCUT2D eigenvalue weighted by molar-refractivity contribution is 6.35. The summed E-state index contributed by atoms with van der Waals surface area (Å²) in [5.41, 5.74) is 1.11. The second kappa shape index (κ2) is 8.92. The minimum absolute atomic E-state index is 0.176. The third-order valence-electron chi connectivity index (χ3n) is 3.81. The van der Waals surface area contributed by atoms with Crippen LogP contribution in [0.1, 0.15) is 24.8 Å². The zero-order valence-corrected chi connectivity index (χ0v) is 13.2. The molecule has 2 N–H and O–H groups in total. The van der Waals surface area contributed by atoms with Crippen LogP contribution in [0.5, 0.6) is 0 Å². The third-order valence-corrected chi connectivity index (χ3v) is 3.81. The number of carbonyl (C=O) groups excluding carboxylic acids is 3. The van der Waals surface area contributed by atoms with Crippen molar-refractivity contribution >= 4 is 17.7 Å². The van der Waals surface area contributed by atoms with Crippen LogP contribution in [0.25, 0.3) is 0 Å². The van der Waals surface area contributed by atoms with Gasteiger partial charge in [-0.2, -0.15) is 0 Å². The first-order valence-electron chi connectivity index (χ1n) is 8.04. The summed E-state index contributed by atoms with van der Waals surface area (Å²) in [5.74, 6) is -1.06. The Morgan fingerprint density at radius 2 is 1.74 bits per heavy atom. The van der Waals surface area contributed by atoms with E-state index in [-0.39, 0.29) is 5.91 Å². The number of nitrogens with zero attached hydrogens (tertiary/aromatic N) is 1. The summed E-state index contributed by atoms with van der Waals surface area (Å²) < 4.78 is 0. The lowest BCUT2D eigenvalue weighted by Gasteiger charge is -2.15. The van der Waals surface area contributed by atoms with Crippen molar-refractivity contribution in [3.8, 4) is 0 Å². The summed E-state index contributed by atoms with van der Waals surface area (Å²) in [5, 5.41) is 5.19. The SMILES string of the molecule is O=C(NCCCN1CCCC1=O)C(=O)NCCc1ccccc1. The number of hydrogen-bond acceptors (Lipinski definition) is 3. The van der Waals surface area contributed by atoms with Gasteiger partial charge >= 0.3 is 11.8 Å². The number of rotatable bonds is 7. The Bertz CT molecular complexity index is 545. The Balaban J connectivity index is 1.56. The monoisotopic (exact) mass is 317 g/mol. The van der Waals surface area contributed by atoms with E-state index in [1.807, 2.05) is 30.3 Å². The fraction of sp³-hybridized carbons (Fsp3) is 0.471. The highest BCUT2D eigenvalue weighted by Gasteiger charge is 2.19. The van der Waals surface area contributed by atoms with Gasteiger partial charge in [0.05, 0.1) is 0 Å². The van der Waals surface area contributed by atoms with E-state index in [9.17, 15) is 14.4 Å². The smallest absolute Gasteiger partial charge is 0.309 e. The highest BCUT2D eigenvalue weighted by atomic mass is 16.2. The molecule has 124 valence electrons. The Kier molecular flexibility index (Phi) is 6.59.